The molecule has 0 aliphatic heterocycles. The number of amides is 1. The number of aryl methyl sites for hydroxylation is 2. The van der Waals surface area contributed by atoms with E-state index in [2.05, 4.69) is 4.72 Å². The zero-order chi connectivity index (χ0) is 18.9. The molecule has 0 bridgehead atoms. The topological polar surface area (TPSA) is 130 Å². The number of carboxylic acid groups (broad SMARTS) is 1. The highest BCUT2D eigenvalue weighted by molar-refractivity contribution is 7.89. The molecule has 0 saturated carbocycles. The van der Waals surface area contributed by atoms with Crippen molar-refractivity contribution in [2.75, 3.05) is 14.1 Å². The summed E-state index contributed by atoms with van der Waals surface area (Å²) in [4.78, 5) is 24.8. The van der Waals surface area contributed by atoms with Crippen LogP contribution in [-0.4, -0.2) is 44.4 Å². The summed E-state index contributed by atoms with van der Waals surface area (Å²) in [7, 11) is -1.08. The summed E-state index contributed by atoms with van der Waals surface area (Å²) in [6, 6.07) is 2.50. The van der Waals surface area contributed by atoms with E-state index in [-0.39, 0.29) is 34.3 Å². The molecular weight excluding hydrogens is 352 g/mol. The van der Waals surface area contributed by atoms with Crippen LogP contribution in [0.1, 0.15) is 38.0 Å². The van der Waals surface area contributed by atoms with E-state index in [1.165, 1.54) is 38.9 Å². The minimum absolute atomic E-state index is 0.0195. The van der Waals surface area contributed by atoms with Gasteiger partial charge in [-0.3, -0.25) is 4.79 Å². The highest BCUT2D eigenvalue weighted by atomic mass is 32.2. The smallest absolute Gasteiger partial charge is 0.339 e. The van der Waals surface area contributed by atoms with Gasteiger partial charge < -0.3 is 18.8 Å². The molecule has 0 spiro atoms. The minimum atomic E-state index is -3.80. The van der Waals surface area contributed by atoms with E-state index >= 15 is 0 Å². The summed E-state index contributed by atoms with van der Waals surface area (Å²) >= 11 is 0. The fraction of sp³-hybridized carbons (Fsp3) is 0.333. The highest BCUT2D eigenvalue weighted by Gasteiger charge is 2.25. The van der Waals surface area contributed by atoms with Gasteiger partial charge in [-0.05, 0) is 27.0 Å². The maximum Gasteiger partial charge on any atom is 0.339 e. The second-order valence-electron chi connectivity index (χ2n) is 5.39. The van der Waals surface area contributed by atoms with E-state index in [4.69, 9.17) is 13.9 Å². The van der Waals surface area contributed by atoms with E-state index in [0.29, 0.717) is 5.76 Å². The summed E-state index contributed by atoms with van der Waals surface area (Å²) in [5, 5.41) is 8.67. The van der Waals surface area contributed by atoms with E-state index in [1.807, 2.05) is 0 Å². The number of carboxylic acids is 1. The predicted molar refractivity (Wildman–Crippen MR) is 85.9 cm³/mol. The van der Waals surface area contributed by atoms with Crippen LogP contribution in [0.5, 0.6) is 0 Å². The molecule has 25 heavy (non-hydrogen) atoms. The molecule has 1 amide bonds. The molecule has 0 aliphatic rings. The molecule has 2 aromatic heterocycles. The van der Waals surface area contributed by atoms with Crippen LogP contribution in [-0.2, 0) is 16.6 Å². The van der Waals surface area contributed by atoms with Crippen molar-refractivity contribution < 1.29 is 31.9 Å². The normalized spacial score (nSPS) is 11.5. The number of aromatic carboxylic acids is 1. The lowest BCUT2D eigenvalue weighted by atomic mass is 10.2. The van der Waals surface area contributed by atoms with Crippen molar-refractivity contribution in [2.45, 2.75) is 25.5 Å². The number of furan rings is 2. The number of hydrogen-bond acceptors (Lipinski definition) is 6. The summed E-state index contributed by atoms with van der Waals surface area (Å²) in [5.41, 5.74) is 0.121. The number of carbonyl (C=O) groups excluding carboxylic acids is 1. The number of nitrogens with zero attached hydrogens (tertiary/aromatic N) is 1. The molecule has 9 nitrogen and oxygen atoms in total. The summed E-state index contributed by atoms with van der Waals surface area (Å²) < 4.78 is 36.1. The van der Waals surface area contributed by atoms with Crippen LogP contribution in [0.2, 0.25) is 0 Å². The molecule has 136 valence electrons. The third-order valence-electron chi connectivity index (χ3n) is 3.60. The summed E-state index contributed by atoms with van der Waals surface area (Å²) in [6.45, 7) is 3.02. The Labute approximate surface area is 144 Å². The van der Waals surface area contributed by atoms with Crippen molar-refractivity contribution in [1.29, 1.82) is 0 Å². The van der Waals surface area contributed by atoms with E-state index in [9.17, 15) is 18.0 Å². The van der Waals surface area contributed by atoms with Gasteiger partial charge in [-0.25, -0.2) is 17.9 Å². The first-order valence-electron chi connectivity index (χ1n) is 7.19. The molecule has 0 aromatic carbocycles. The Morgan fingerprint density at radius 3 is 2.28 bits per heavy atom. The van der Waals surface area contributed by atoms with Gasteiger partial charge in [0, 0.05) is 13.1 Å². The zero-order valence-corrected chi connectivity index (χ0v) is 14.9. The molecule has 0 atom stereocenters. The van der Waals surface area contributed by atoms with Crippen LogP contribution in [0.25, 0.3) is 0 Å². The first-order valence-corrected chi connectivity index (χ1v) is 8.67. The van der Waals surface area contributed by atoms with Gasteiger partial charge in [-0.15, -0.1) is 0 Å². The van der Waals surface area contributed by atoms with Gasteiger partial charge in [0.15, 0.2) is 0 Å². The molecule has 2 heterocycles. The maximum absolute atomic E-state index is 12.5. The Morgan fingerprint density at radius 1 is 1.16 bits per heavy atom. The number of nitrogens with one attached hydrogen (secondary N) is 1. The Morgan fingerprint density at radius 2 is 1.76 bits per heavy atom. The van der Waals surface area contributed by atoms with Gasteiger partial charge in [0.25, 0.3) is 15.9 Å². The van der Waals surface area contributed by atoms with E-state index < -0.39 is 21.9 Å². The number of hydrogen-bond donors (Lipinski definition) is 2. The Kier molecular flexibility index (Phi) is 5.04. The second kappa shape index (κ2) is 6.73. The molecular formula is C15H18N2O7S. The molecule has 0 unspecified atom stereocenters. The maximum atomic E-state index is 12.5. The van der Waals surface area contributed by atoms with Crippen LogP contribution in [0.4, 0.5) is 0 Å². The average molecular weight is 370 g/mol. The van der Waals surface area contributed by atoms with Crippen LogP contribution in [0.3, 0.4) is 0 Å². The van der Waals surface area contributed by atoms with Gasteiger partial charge in [0.2, 0.25) is 5.09 Å². The van der Waals surface area contributed by atoms with Crippen LogP contribution in [0, 0.1) is 13.8 Å². The molecule has 2 N–H and O–H groups in total. The summed E-state index contributed by atoms with van der Waals surface area (Å²) in [5.74, 6) is -0.897. The zero-order valence-electron chi connectivity index (χ0n) is 14.1. The number of carbonyl (C=O) groups is 2. The van der Waals surface area contributed by atoms with E-state index in [1.54, 1.807) is 0 Å². The van der Waals surface area contributed by atoms with Crippen LogP contribution in [0.15, 0.2) is 26.1 Å². The molecule has 0 saturated heterocycles. The van der Waals surface area contributed by atoms with Gasteiger partial charge in [0.05, 0.1) is 12.1 Å². The summed E-state index contributed by atoms with van der Waals surface area (Å²) in [6.07, 6.45) is 0. The third kappa shape index (κ3) is 3.74. The van der Waals surface area contributed by atoms with Gasteiger partial charge in [-0.2, -0.15) is 0 Å². The van der Waals surface area contributed by atoms with Crippen molar-refractivity contribution in [3.05, 3.63) is 40.5 Å². The molecule has 2 rings (SSSR count). The Bertz CT molecular complexity index is 924. The predicted octanol–water partition coefficient (Wildman–Crippen LogP) is 1.37. The fourth-order valence-corrected chi connectivity index (χ4v) is 2.95. The molecule has 0 radical (unpaired) electrons. The van der Waals surface area contributed by atoms with Crippen LogP contribution < -0.4 is 4.72 Å². The average Bonchev–Trinajstić information content (AvgIpc) is 3.10. The largest absolute Gasteiger partial charge is 0.478 e. The molecule has 10 heteroatoms. The monoisotopic (exact) mass is 370 g/mol. The molecule has 2 aromatic rings. The fourth-order valence-electron chi connectivity index (χ4n) is 2.25. The molecule has 0 aliphatic carbocycles. The van der Waals surface area contributed by atoms with E-state index in [0.717, 1.165) is 6.07 Å². The number of rotatable bonds is 6. The van der Waals surface area contributed by atoms with Crippen molar-refractivity contribution >= 4 is 21.9 Å². The first-order chi connectivity index (χ1) is 11.6. The highest BCUT2D eigenvalue weighted by Crippen LogP contribution is 2.22. The molecule has 0 fully saturated rings. The lowest BCUT2D eigenvalue weighted by Crippen LogP contribution is -2.26. The Balaban J connectivity index is 2.23. The lowest BCUT2D eigenvalue weighted by Gasteiger charge is -2.14. The second-order valence-corrected chi connectivity index (χ2v) is 7.21. The van der Waals surface area contributed by atoms with Crippen molar-refractivity contribution in [1.82, 2.24) is 9.62 Å². The van der Waals surface area contributed by atoms with Gasteiger partial charge in [0.1, 0.15) is 22.8 Å². The third-order valence-corrected chi connectivity index (χ3v) is 4.87. The van der Waals surface area contributed by atoms with Crippen LogP contribution >= 0.6 is 0 Å². The lowest BCUT2D eigenvalue weighted by molar-refractivity contribution is 0.0694. The van der Waals surface area contributed by atoms with Gasteiger partial charge in [-0.1, -0.05) is 0 Å². The quantitative estimate of drug-likeness (QED) is 0.785. The van der Waals surface area contributed by atoms with Crippen molar-refractivity contribution in [3.63, 3.8) is 0 Å². The standard InChI is InChI=1S/C15H18N2O7S/c1-8-11(6-13(24-8)25(21,22)16-3)14(18)17(4)7-10-5-12(15(19)20)9(2)23-10/h5-6,16H,7H2,1-4H3,(H,19,20). The van der Waals surface area contributed by atoms with Crippen molar-refractivity contribution in [2.24, 2.45) is 0 Å². The van der Waals surface area contributed by atoms with Gasteiger partial charge >= 0.3 is 5.97 Å². The SMILES string of the molecule is CNS(=O)(=O)c1cc(C(=O)N(C)Cc2cc(C(=O)O)c(C)o2)c(C)o1. The van der Waals surface area contributed by atoms with Crippen molar-refractivity contribution in [3.8, 4) is 0 Å². The number of sulfonamides is 1. The minimum Gasteiger partial charge on any atom is -0.478 e. The Hall–Kier alpha value is -2.59. The first kappa shape index (κ1) is 18.7.